The van der Waals surface area contributed by atoms with Crippen LogP contribution in [0.1, 0.15) is 132 Å². The predicted octanol–water partition coefficient (Wildman–Crippen LogP) is 7.83. The Labute approximate surface area is 265 Å². The van der Waals surface area contributed by atoms with Crippen molar-refractivity contribution in [2.75, 3.05) is 0 Å². The summed E-state index contributed by atoms with van der Waals surface area (Å²) in [6.45, 7) is 27.2. The van der Waals surface area contributed by atoms with Crippen LogP contribution >= 0.6 is 0 Å². The van der Waals surface area contributed by atoms with E-state index in [9.17, 15) is 9.59 Å². The molecule has 0 aliphatic carbocycles. The highest BCUT2D eigenvalue weighted by atomic mass is 17.2. The molecule has 0 fully saturated rings. The number of hydrogen-bond donors (Lipinski definition) is 2. The van der Waals surface area contributed by atoms with Gasteiger partial charge in [-0.25, -0.2) is 19.6 Å². The third-order valence-corrected chi connectivity index (χ3v) is 7.09. The molecular weight excluding hydrogens is 556 g/mol. The minimum atomic E-state index is -0.644. The maximum atomic E-state index is 12.9. The van der Waals surface area contributed by atoms with Gasteiger partial charge in [-0.1, -0.05) is 48.5 Å². The maximum Gasteiger partial charge on any atom is 0.221 e. The molecule has 2 N–H and O–H groups in total. The number of nitrogens with one attached hydrogen (secondary N) is 2. The van der Waals surface area contributed by atoms with Gasteiger partial charge in [0.1, 0.15) is 11.2 Å². The average Bonchev–Trinajstić information content (AvgIpc) is 2.89. The van der Waals surface area contributed by atoms with Crippen molar-refractivity contribution >= 4 is 11.8 Å². The Morgan fingerprint density at radius 1 is 0.455 bits per heavy atom. The minimum Gasteiger partial charge on any atom is -0.347 e. The van der Waals surface area contributed by atoms with Crippen molar-refractivity contribution < 1.29 is 29.1 Å². The summed E-state index contributed by atoms with van der Waals surface area (Å²) in [7, 11) is 0. The molecule has 0 bridgehead atoms. The first-order valence-corrected chi connectivity index (χ1v) is 15.4. The van der Waals surface area contributed by atoms with Gasteiger partial charge in [-0.05, 0) is 119 Å². The first-order chi connectivity index (χ1) is 19.8. The molecule has 0 spiro atoms. The van der Waals surface area contributed by atoms with E-state index in [1.807, 2.05) is 145 Å². The molecule has 0 saturated heterocycles. The van der Waals surface area contributed by atoms with Crippen molar-refractivity contribution in [2.45, 2.75) is 143 Å². The lowest BCUT2D eigenvalue weighted by Gasteiger charge is -2.31. The Morgan fingerprint density at radius 2 is 0.705 bits per heavy atom. The number of carbonyl (C=O) groups is 2. The van der Waals surface area contributed by atoms with Crippen molar-refractivity contribution in [1.29, 1.82) is 0 Å². The van der Waals surface area contributed by atoms with Crippen molar-refractivity contribution in [3.8, 4) is 0 Å². The largest absolute Gasteiger partial charge is 0.347 e. The van der Waals surface area contributed by atoms with Crippen LogP contribution in [-0.2, 0) is 51.4 Å². The molecule has 2 aromatic rings. The van der Waals surface area contributed by atoms with Gasteiger partial charge in [-0.2, -0.15) is 0 Å². The van der Waals surface area contributed by atoms with Crippen molar-refractivity contribution in [3.05, 3.63) is 70.8 Å². The fourth-order valence-electron chi connectivity index (χ4n) is 4.32. The van der Waals surface area contributed by atoms with E-state index in [0.29, 0.717) is 0 Å². The summed E-state index contributed by atoms with van der Waals surface area (Å²) in [5.74, 6) is -0.392. The molecule has 8 nitrogen and oxygen atoms in total. The third kappa shape index (κ3) is 11.6. The SMILES string of the molecule is CC(C)(C)OOC(C)(C)c1ccc(C(C)(C)NC(=O)CCC(=O)NC(C)(C)c2ccc(C(C)(C)OOC(C)(C)C)cc2)cc1. The van der Waals surface area contributed by atoms with Crippen molar-refractivity contribution in [1.82, 2.24) is 10.6 Å². The Balaban J connectivity index is 1.94. The standard InChI is InChI=1S/C36H56N2O6/c1-31(2,3)41-43-35(11,12)27-19-15-25(16-20-27)33(7,8)37-29(39)23-24-30(40)38-34(9,10)26-17-21-28(22-18-26)36(13,14)44-42-32(4,5)6/h15-22H,23-24H2,1-14H3,(H,37,39)(H,38,40). The van der Waals surface area contributed by atoms with E-state index < -0.39 is 33.5 Å². The topological polar surface area (TPSA) is 95.1 Å². The molecule has 0 aromatic heterocycles. The third-order valence-electron chi connectivity index (χ3n) is 7.09. The van der Waals surface area contributed by atoms with E-state index in [-0.39, 0.29) is 24.7 Å². The lowest BCUT2D eigenvalue weighted by molar-refractivity contribution is -0.401. The second-order valence-corrected chi connectivity index (χ2v) is 15.6. The Kier molecular flexibility index (Phi) is 11.6. The van der Waals surface area contributed by atoms with Gasteiger partial charge >= 0.3 is 0 Å². The monoisotopic (exact) mass is 612 g/mol. The number of carbonyl (C=O) groups excluding carboxylic acids is 2. The molecule has 246 valence electrons. The summed E-state index contributed by atoms with van der Waals surface area (Å²) in [5, 5.41) is 6.14. The van der Waals surface area contributed by atoms with Crippen LogP contribution in [0.25, 0.3) is 0 Å². The second kappa shape index (κ2) is 13.7. The summed E-state index contributed by atoms with van der Waals surface area (Å²) in [4.78, 5) is 48.2. The minimum absolute atomic E-state index is 0.0761. The lowest BCUT2D eigenvalue weighted by Crippen LogP contribution is -2.43. The first-order valence-electron chi connectivity index (χ1n) is 15.4. The highest BCUT2D eigenvalue weighted by molar-refractivity contribution is 5.84. The number of benzene rings is 2. The van der Waals surface area contributed by atoms with Gasteiger partial charge in [0, 0.05) is 12.8 Å². The molecule has 0 aliphatic rings. The van der Waals surface area contributed by atoms with Crippen LogP contribution in [-0.4, -0.2) is 23.0 Å². The Hall–Kier alpha value is -2.78. The maximum absolute atomic E-state index is 12.9. The predicted molar refractivity (Wildman–Crippen MR) is 174 cm³/mol. The quantitative estimate of drug-likeness (QED) is 0.177. The Morgan fingerprint density at radius 3 is 0.955 bits per heavy atom. The molecule has 0 aliphatic heterocycles. The van der Waals surface area contributed by atoms with E-state index >= 15 is 0 Å². The molecule has 2 rings (SSSR count). The fraction of sp³-hybridized carbons (Fsp3) is 0.611. The number of amides is 2. The van der Waals surface area contributed by atoms with Crippen LogP contribution < -0.4 is 10.6 Å². The normalized spacial score (nSPS) is 13.5. The lowest BCUT2D eigenvalue weighted by atomic mass is 9.90. The zero-order valence-electron chi connectivity index (χ0n) is 29.5. The zero-order valence-corrected chi connectivity index (χ0v) is 29.5. The van der Waals surface area contributed by atoms with Crippen LogP contribution in [0.3, 0.4) is 0 Å². The van der Waals surface area contributed by atoms with E-state index in [1.54, 1.807) is 0 Å². The molecule has 2 aromatic carbocycles. The van der Waals surface area contributed by atoms with E-state index in [4.69, 9.17) is 19.6 Å². The summed E-state index contributed by atoms with van der Waals surface area (Å²) in [5.41, 5.74) is 0.395. The molecule has 44 heavy (non-hydrogen) atoms. The molecular formula is C36H56N2O6. The first kappa shape index (κ1) is 37.4. The highest BCUT2D eigenvalue weighted by Crippen LogP contribution is 2.31. The number of hydrogen-bond acceptors (Lipinski definition) is 6. The Bertz CT molecular complexity index is 1150. The molecule has 2 amide bonds. The van der Waals surface area contributed by atoms with Gasteiger partial charge in [0.2, 0.25) is 11.8 Å². The molecule has 0 atom stereocenters. The van der Waals surface area contributed by atoms with Gasteiger partial charge in [0.25, 0.3) is 0 Å². The molecule has 0 radical (unpaired) electrons. The molecule has 0 heterocycles. The van der Waals surface area contributed by atoms with Gasteiger partial charge < -0.3 is 10.6 Å². The van der Waals surface area contributed by atoms with Gasteiger partial charge in [0.05, 0.1) is 22.3 Å². The van der Waals surface area contributed by atoms with E-state index in [2.05, 4.69) is 10.6 Å². The van der Waals surface area contributed by atoms with Crippen LogP contribution in [0.5, 0.6) is 0 Å². The fourth-order valence-corrected chi connectivity index (χ4v) is 4.32. The number of rotatable bonds is 13. The summed E-state index contributed by atoms with van der Waals surface area (Å²) in [6, 6.07) is 15.8. The van der Waals surface area contributed by atoms with Gasteiger partial charge in [0.15, 0.2) is 0 Å². The van der Waals surface area contributed by atoms with E-state index in [1.165, 1.54) is 0 Å². The molecule has 8 heteroatoms. The summed E-state index contributed by atoms with van der Waals surface area (Å²) >= 11 is 0. The summed E-state index contributed by atoms with van der Waals surface area (Å²) in [6.07, 6.45) is 0.152. The smallest absolute Gasteiger partial charge is 0.221 e. The molecule has 0 saturated carbocycles. The van der Waals surface area contributed by atoms with Crippen molar-refractivity contribution in [2.24, 2.45) is 0 Å². The molecule has 0 unspecified atom stereocenters. The van der Waals surface area contributed by atoms with E-state index in [0.717, 1.165) is 22.3 Å². The zero-order chi connectivity index (χ0) is 33.8. The average molecular weight is 613 g/mol. The van der Waals surface area contributed by atoms with Gasteiger partial charge in [-0.3, -0.25) is 9.59 Å². The summed E-state index contributed by atoms with van der Waals surface area (Å²) < 4.78 is 0. The van der Waals surface area contributed by atoms with Crippen LogP contribution in [0, 0.1) is 0 Å². The van der Waals surface area contributed by atoms with Crippen LogP contribution in [0.15, 0.2) is 48.5 Å². The second-order valence-electron chi connectivity index (χ2n) is 15.6. The van der Waals surface area contributed by atoms with Crippen LogP contribution in [0.4, 0.5) is 0 Å². The van der Waals surface area contributed by atoms with Crippen molar-refractivity contribution in [3.63, 3.8) is 0 Å². The van der Waals surface area contributed by atoms with Crippen LogP contribution in [0.2, 0.25) is 0 Å². The highest BCUT2D eigenvalue weighted by Gasteiger charge is 2.30. The van der Waals surface area contributed by atoms with Gasteiger partial charge in [-0.15, -0.1) is 0 Å².